The molecule has 1 saturated carbocycles. The third-order valence-electron chi connectivity index (χ3n) is 5.62. The summed E-state index contributed by atoms with van der Waals surface area (Å²) < 4.78 is 14.5. The fourth-order valence-corrected chi connectivity index (χ4v) is 3.81. The topological polar surface area (TPSA) is 99.3 Å². The molecular formula is C26H33FN4O3. The standard InChI is InChI=1S/C24H27FN4O3.C2H6/c1-15(30)17-8-10-18(11-9-17)19-12-13-22(21(25)14-19)27-23(31)24(32)29-28-16(2)26-20-6-4-3-5-7-20;1-2/h3-7,12-14,17-18,26,28H,2,8-11H2,1H3,(H,27,31)(H,29,32);1-2H3. The van der Waals surface area contributed by atoms with Gasteiger partial charge in [0.15, 0.2) is 0 Å². The molecule has 0 radical (unpaired) electrons. The number of para-hydroxylation sites is 1. The van der Waals surface area contributed by atoms with Crippen LogP contribution in [0.2, 0.25) is 0 Å². The van der Waals surface area contributed by atoms with Crippen LogP contribution in [0.5, 0.6) is 0 Å². The van der Waals surface area contributed by atoms with Crippen LogP contribution in [-0.4, -0.2) is 17.6 Å². The van der Waals surface area contributed by atoms with Gasteiger partial charge in [-0.1, -0.05) is 44.7 Å². The first-order valence-electron chi connectivity index (χ1n) is 11.5. The molecule has 1 aliphatic carbocycles. The molecule has 3 rings (SSSR count). The normalized spacial score (nSPS) is 16.8. The van der Waals surface area contributed by atoms with Crippen LogP contribution in [0.15, 0.2) is 60.9 Å². The first-order valence-corrected chi connectivity index (χ1v) is 11.5. The maximum absolute atomic E-state index is 14.5. The van der Waals surface area contributed by atoms with Gasteiger partial charge in [-0.25, -0.2) is 4.39 Å². The summed E-state index contributed by atoms with van der Waals surface area (Å²) in [5, 5.41) is 5.19. The number of nitrogens with one attached hydrogen (secondary N) is 4. The van der Waals surface area contributed by atoms with E-state index >= 15 is 0 Å². The molecule has 34 heavy (non-hydrogen) atoms. The van der Waals surface area contributed by atoms with Gasteiger partial charge in [-0.05, 0) is 68.4 Å². The second kappa shape index (κ2) is 13.1. The van der Waals surface area contributed by atoms with Crippen LogP contribution in [0.4, 0.5) is 15.8 Å². The summed E-state index contributed by atoms with van der Waals surface area (Å²) in [4.78, 5) is 35.6. The molecule has 1 aliphatic rings. The second-order valence-corrected chi connectivity index (χ2v) is 7.90. The molecular weight excluding hydrogens is 435 g/mol. The van der Waals surface area contributed by atoms with E-state index in [2.05, 4.69) is 28.1 Å². The van der Waals surface area contributed by atoms with Crippen molar-refractivity contribution >= 4 is 29.0 Å². The third kappa shape index (κ3) is 7.72. The number of carbonyl (C=O) groups is 3. The van der Waals surface area contributed by atoms with Crippen LogP contribution in [-0.2, 0) is 14.4 Å². The SMILES string of the molecule is C=C(NNC(=O)C(=O)Nc1ccc(C2CCC(C(C)=O)CC2)cc1F)Nc1ccccc1.CC. The first-order chi connectivity index (χ1) is 16.3. The highest BCUT2D eigenvalue weighted by molar-refractivity contribution is 6.39. The van der Waals surface area contributed by atoms with E-state index in [1.165, 1.54) is 12.1 Å². The van der Waals surface area contributed by atoms with Gasteiger partial charge in [0.1, 0.15) is 17.4 Å². The Morgan fingerprint density at radius 3 is 2.12 bits per heavy atom. The quantitative estimate of drug-likeness (QED) is 0.344. The summed E-state index contributed by atoms with van der Waals surface area (Å²) in [5.41, 5.74) is 6.20. The molecule has 0 unspecified atom stereocenters. The van der Waals surface area contributed by atoms with Crippen molar-refractivity contribution in [2.24, 2.45) is 5.92 Å². The Labute approximate surface area is 200 Å². The van der Waals surface area contributed by atoms with Gasteiger partial charge >= 0.3 is 11.8 Å². The zero-order valence-electron chi connectivity index (χ0n) is 19.9. The van der Waals surface area contributed by atoms with Gasteiger partial charge in [-0.2, -0.15) is 0 Å². The van der Waals surface area contributed by atoms with Gasteiger partial charge in [0.25, 0.3) is 0 Å². The zero-order chi connectivity index (χ0) is 25.1. The van der Waals surface area contributed by atoms with Gasteiger partial charge in [0.05, 0.1) is 5.69 Å². The van der Waals surface area contributed by atoms with Crippen LogP contribution in [0, 0.1) is 11.7 Å². The molecule has 0 aromatic heterocycles. The predicted octanol–water partition coefficient (Wildman–Crippen LogP) is 4.86. The molecule has 1 fully saturated rings. The average molecular weight is 469 g/mol. The highest BCUT2D eigenvalue weighted by Gasteiger charge is 2.25. The Bertz CT molecular complexity index is 1000. The molecule has 0 aliphatic heterocycles. The van der Waals surface area contributed by atoms with E-state index < -0.39 is 17.6 Å². The maximum atomic E-state index is 14.5. The minimum absolute atomic E-state index is 0.0763. The monoisotopic (exact) mass is 468 g/mol. The molecule has 2 aromatic rings. The molecule has 182 valence electrons. The molecule has 0 heterocycles. The number of amides is 2. The number of benzene rings is 2. The van der Waals surface area contributed by atoms with E-state index in [1.54, 1.807) is 13.0 Å². The molecule has 0 bridgehead atoms. The Balaban J connectivity index is 0.00000199. The summed E-state index contributed by atoms with van der Waals surface area (Å²) in [6.07, 6.45) is 3.25. The van der Waals surface area contributed by atoms with E-state index in [0.29, 0.717) is 0 Å². The maximum Gasteiger partial charge on any atom is 0.327 e. The zero-order valence-corrected chi connectivity index (χ0v) is 19.9. The smallest absolute Gasteiger partial charge is 0.327 e. The van der Waals surface area contributed by atoms with Crippen molar-refractivity contribution in [3.8, 4) is 0 Å². The van der Waals surface area contributed by atoms with E-state index in [1.807, 2.05) is 44.2 Å². The van der Waals surface area contributed by atoms with Crippen molar-refractivity contribution in [3.05, 3.63) is 72.3 Å². The third-order valence-corrected chi connectivity index (χ3v) is 5.62. The Morgan fingerprint density at radius 1 is 0.882 bits per heavy atom. The first kappa shape index (κ1) is 26.6. The fourth-order valence-electron chi connectivity index (χ4n) is 3.81. The number of rotatable bonds is 7. The molecule has 4 N–H and O–H groups in total. The number of anilines is 2. The average Bonchev–Trinajstić information content (AvgIpc) is 2.85. The van der Waals surface area contributed by atoms with Crippen LogP contribution >= 0.6 is 0 Å². The minimum atomic E-state index is -1.02. The van der Waals surface area contributed by atoms with Gasteiger partial charge in [-0.3, -0.25) is 25.2 Å². The molecule has 8 heteroatoms. The number of hydrazine groups is 1. The van der Waals surface area contributed by atoms with Crippen molar-refractivity contribution in [3.63, 3.8) is 0 Å². The lowest BCUT2D eigenvalue weighted by molar-refractivity contribution is -0.136. The van der Waals surface area contributed by atoms with Crippen molar-refractivity contribution < 1.29 is 18.8 Å². The van der Waals surface area contributed by atoms with Crippen LogP contribution in [0.1, 0.15) is 57.9 Å². The van der Waals surface area contributed by atoms with Gasteiger partial charge in [0.2, 0.25) is 0 Å². The van der Waals surface area contributed by atoms with Crippen molar-refractivity contribution in [1.29, 1.82) is 0 Å². The molecule has 0 saturated heterocycles. The molecule has 0 atom stereocenters. The van der Waals surface area contributed by atoms with Crippen molar-refractivity contribution in [1.82, 2.24) is 10.9 Å². The van der Waals surface area contributed by atoms with Crippen LogP contribution < -0.4 is 21.5 Å². The predicted molar refractivity (Wildman–Crippen MR) is 132 cm³/mol. The fraction of sp³-hybridized carbons (Fsp3) is 0.346. The summed E-state index contributed by atoms with van der Waals surface area (Å²) >= 11 is 0. The van der Waals surface area contributed by atoms with E-state index in [0.717, 1.165) is 36.9 Å². The number of Topliss-reactive ketones (excluding diaryl/α,β-unsaturated/α-hetero) is 1. The number of halogens is 1. The largest absolute Gasteiger partial charge is 0.341 e. The van der Waals surface area contributed by atoms with Crippen molar-refractivity contribution in [2.45, 2.75) is 52.4 Å². The second-order valence-electron chi connectivity index (χ2n) is 7.90. The molecule has 7 nitrogen and oxygen atoms in total. The number of ketones is 1. The van der Waals surface area contributed by atoms with Gasteiger partial charge in [-0.15, -0.1) is 0 Å². The number of hydrogen-bond donors (Lipinski definition) is 4. The Morgan fingerprint density at radius 2 is 1.53 bits per heavy atom. The lowest BCUT2D eigenvalue weighted by Gasteiger charge is -2.27. The Hall–Kier alpha value is -3.68. The molecule has 2 aromatic carbocycles. The summed E-state index contributed by atoms with van der Waals surface area (Å²) in [5.74, 6) is -1.88. The number of carbonyl (C=O) groups excluding carboxylic acids is 3. The highest BCUT2D eigenvalue weighted by atomic mass is 19.1. The van der Waals surface area contributed by atoms with Crippen LogP contribution in [0.25, 0.3) is 0 Å². The van der Waals surface area contributed by atoms with E-state index in [4.69, 9.17) is 0 Å². The highest BCUT2D eigenvalue weighted by Crippen LogP contribution is 2.37. The van der Waals surface area contributed by atoms with Crippen molar-refractivity contribution in [2.75, 3.05) is 10.6 Å². The summed E-state index contributed by atoms with van der Waals surface area (Å²) in [7, 11) is 0. The van der Waals surface area contributed by atoms with Gasteiger partial charge < -0.3 is 10.6 Å². The van der Waals surface area contributed by atoms with Crippen LogP contribution in [0.3, 0.4) is 0 Å². The van der Waals surface area contributed by atoms with Gasteiger partial charge in [0, 0.05) is 11.6 Å². The van der Waals surface area contributed by atoms with E-state index in [-0.39, 0.29) is 29.1 Å². The number of hydrogen-bond acceptors (Lipinski definition) is 5. The molecule has 2 amide bonds. The lowest BCUT2D eigenvalue weighted by atomic mass is 9.77. The lowest BCUT2D eigenvalue weighted by Crippen LogP contribution is -2.44. The van der Waals surface area contributed by atoms with E-state index in [9.17, 15) is 18.8 Å². The minimum Gasteiger partial charge on any atom is -0.341 e. The summed E-state index contributed by atoms with van der Waals surface area (Å²) in [6, 6.07) is 13.7. The Kier molecular flexibility index (Phi) is 10.3. The molecule has 0 spiro atoms. The summed E-state index contributed by atoms with van der Waals surface area (Å²) in [6.45, 7) is 9.31.